The van der Waals surface area contributed by atoms with Gasteiger partial charge < -0.3 is 10.5 Å². The molecule has 17 heavy (non-hydrogen) atoms. The Hall–Kier alpha value is -0.860. The van der Waals surface area contributed by atoms with E-state index < -0.39 is 0 Å². The lowest BCUT2D eigenvalue weighted by Gasteiger charge is -2.36. The topological polar surface area (TPSA) is 35.2 Å². The quantitative estimate of drug-likeness (QED) is 0.822. The fourth-order valence-corrected chi connectivity index (χ4v) is 2.38. The molecule has 0 saturated carbocycles. The highest BCUT2D eigenvalue weighted by atomic mass is 16.5. The summed E-state index contributed by atoms with van der Waals surface area (Å²) in [6, 6.07) is 8.62. The van der Waals surface area contributed by atoms with Crippen LogP contribution in [-0.4, -0.2) is 18.8 Å². The fourth-order valence-electron chi connectivity index (χ4n) is 2.38. The Kier molecular flexibility index (Phi) is 5.16. The van der Waals surface area contributed by atoms with Crippen LogP contribution in [0.2, 0.25) is 0 Å². The van der Waals surface area contributed by atoms with E-state index in [1.165, 1.54) is 11.1 Å². The van der Waals surface area contributed by atoms with Crippen molar-refractivity contribution in [3.63, 3.8) is 0 Å². The molecule has 0 heterocycles. The van der Waals surface area contributed by atoms with Crippen LogP contribution in [0.15, 0.2) is 24.3 Å². The molecular weight excluding hydrogens is 210 g/mol. The van der Waals surface area contributed by atoms with E-state index >= 15 is 0 Å². The molecule has 0 aliphatic carbocycles. The van der Waals surface area contributed by atoms with Gasteiger partial charge in [-0.2, -0.15) is 0 Å². The summed E-state index contributed by atoms with van der Waals surface area (Å²) in [5.74, 6) is 0. The molecule has 2 N–H and O–H groups in total. The van der Waals surface area contributed by atoms with Crippen LogP contribution >= 0.6 is 0 Å². The largest absolute Gasteiger partial charge is 0.377 e. The predicted octanol–water partition coefficient (Wildman–Crippen LogP) is 3.07. The van der Waals surface area contributed by atoms with Gasteiger partial charge in [0, 0.05) is 13.2 Å². The number of nitrogens with two attached hydrogens (primary N) is 1. The van der Waals surface area contributed by atoms with Crippen LogP contribution in [0.5, 0.6) is 0 Å². The van der Waals surface area contributed by atoms with Crippen LogP contribution in [0.1, 0.15) is 37.8 Å². The van der Waals surface area contributed by atoms with E-state index in [1.807, 2.05) is 0 Å². The molecule has 0 radical (unpaired) electrons. The normalized spacial score (nSPS) is 13.7. The lowest BCUT2D eigenvalue weighted by molar-refractivity contribution is -0.0374. The Morgan fingerprint density at radius 3 is 2.12 bits per heavy atom. The van der Waals surface area contributed by atoms with Gasteiger partial charge in [-0.25, -0.2) is 0 Å². The van der Waals surface area contributed by atoms with E-state index in [1.54, 1.807) is 7.11 Å². The fraction of sp³-hybridized carbons (Fsp3) is 0.600. The molecule has 0 amide bonds. The standard InChI is InChI=1S/C15H25NO/c1-5-15(6-2,17-4)14(16)11-13-9-7-12(3)8-10-13/h7-10,14H,5-6,11,16H2,1-4H3. The minimum atomic E-state index is -0.190. The number of benzene rings is 1. The highest BCUT2D eigenvalue weighted by Gasteiger charge is 2.33. The molecule has 0 spiro atoms. The van der Waals surface area contributed by atoms with Crippen LogP contribution in [0.4, 0.5) is 0 Å². The van der Waals surface area contributed by atoms with Gasteiger partial charge in [0.2, 0.25) is 0 Å². The second-order valence-electron chi connectivity index (χ2n) is 4.77. The van der Waals surface area contributed by atoms with Gasteiger partial charge in [0.15, 0.2) is 0 Å². The first kappa shape index (κ1) is 14.2. The van der Waals surface area contributed by atoms with Gasteiger partial charge in [-0.05, 0) is 31.7 Å². The third-order valence-corrected chi connectivity index (χ3v) is 3.86. The predicted molar refractivity (Wildman–Crippen MR) is 73.2 cm³/mol. The maximum atomic E-state index is 6.33. The van der Waals surface area contributed by atoms with Gasteiger partial charge in [0.05, 0.1) is 5.60 Å². The molecule has 0 fully saturated rings. The molecule has 0 aromatic heterocycles. The van der Waals surface area contributed by atoms with Gasteiger partial charge in [0.1, 0.15) is 0 Å². The minimum absolute atomic E-state index is 0.0465. The monoisotopic (exact) mass is 235 g/mol. The number of hydrogen-bond donors (Lipinski definition) is 1. The van der Waals surface area contributed by atoms with Crippen molar-refractivity contribution in [2.75, 3.05) is 7.11 Å². The van der Waals surface area contributed by atoms with Crippen molar-refractivity contribution >= 4 is 0 Å². The zero-order valence-electron chi connectivity index (χ0n) is 11.5. The second-order valence-corrected chi connectivity index (χ2v) is 4.77. The van der Waals surface area contributed by atoms with Crippen molar-refractivity contribution in [1.82, 2.24) is 0 Å². The molecule has 1 rings (SSSR count). The summed E-state index contributed by atoms with van der Waals surface area (Å²) in [7, 11) is 1.77. The highest BCUT2D eigenvalue weighted by Crippen LogP contribution is 2.25. The summed E-state index contributed by atoms with van der Waals surface area (Å²) in [5, 5.41) is 0. The van der Waals surface area contributed by atoms with Crippen molar-refractivity contribution in [2.24, 2.45) is 5.73 Å². The Balaban J connectivity index is 2.76. The summed E-state index contributed by atoms with van der Waals surface area (Å²) in [6.07, 6.45) is 2.77. The molecule has 96 valence electrons. The van der Waals surface area contributed by atoms with Gasteiger partial charge in [-0.1, -0.05) is 43.7 Å². The van der Waals surface area contributed by atoms with E-state index in [9.17, 15) is 0 Å². The summed E-state index contributed by atoms with van der Waals surface area (Å²) in [5.41, 5.74) is 8.71. The molecule has 1 unspecified atom stereocenters. The SMILES string of the molecule is CCC(CC)(OC)C(N)Cc1ccc(C)cc1. The molecule has 1 atom stereocenters. The average Bonchev–Trinajstić information content (AvgIpc) is 2.35. The summed E-state index contributed by atoms with van der Waals surface area (Å²) >= 11 is 0. The zero-order valence-corrected chi connectivity index (χ0v) is 11.5. The smallest absolute Gasteiger partial charge is 0.0826 e. The average molecular weight is 235 g/mol. The summed E-state index contributed by atoms with van der Waals surface area (Å²) in [6.45, 7) is 6.38. The Morgan fingerprint density at radius 2 is 1.71 bits per heavy atom. The van der Waals surface area contributed by atoms with Crippen molar-refractivity contribution < 1.29 is 4.74 Å². The molecule has 1 aromatic rings. The number of methoxy groups -OCH3 is 1. The number of rotatable bonds is 6. The molecule has 1 aromatic carbocycles. The lowest BCUT2D eigenvalue weighted by atomic mass is 9.85. The minimum Gasteiger partial charge on any atom is -0.377 e. The molecule has 0 aliphatic heterocycles. The van der Waals surface area contributed by atoms with Gasteiger partial charge in [0.25, 0.3) is 0 Å². The Labute approximate surface area is 105 Å². The van der Waals surface area contributed by atoms with E-state index in [-0.39, 0.29) is 11.6 Å². The van der Waals surface area contributed by atoms with Crippen LogP contribution < -0.4 is 5.73 Å². The third-order valence-electron chi connectivity index (χ3n) is 3.86. The van der Waals surface area contributed by atoms with Crippen LogP contribution in [0.3, 0.4) is 0 Å². The first-order valence-electron chi connectivity index (χ1n) is 6.44. The Bertz CT molecular complexity index is 319. The van der Waals surface area contributed by atoms with Gasteiger partial charge in [-0.3, -0.25) is 0 Å². The van der Waals surface area contributed by atoms with E-state index in [4.69, 9.17) is 10.5 Å². The zero-order chi connectivity index (χ0) is 12.9. The Morgan fingerprint density at radius 1 is 1.18 bits per heavy atom. The van der Waals surface area contributed by atoms with Crippen LogP contribution in [0, 0.1) is 6.92 Å². The number of aryl methyl sites for hydroxylation is 1. The van der Waals surface area contributed by atoms with Crippen molar-refractivity contribution in [3.8, 4) is 0 Å². The highest BCUT2D eigenvalue weighted by molar-refractivity contribution is 5.22. The van der Waals surface area contributed by atoms with Crippen LogP contribution in [-0.2, 0) is 11.2 Å². The first-order valence-corrected chi connectivity index (χ1v) is 6.44. The third kappa shape index (κ3) is 3.30. The van der Waals surface area contributed by atoms with Gasteiger partial charge in [-0.15, -0.1) is 0 Å². The van der Waals surface area contributed by atoms with E-state index in [0.717, 1.165) is 19.3 Å². The summed E-state index contributed by atoms with van der Waals surface area (Å²) in [4.78, 5) is 0. The van der Waals surface area contributed by atoms with Crippen molar-refractivity contribution in [2.45, 2.75) is 51.7 Å². The van der Waals surface area contributed by atoms with Crippen LogP contribution in [0.25, 0.3) is 0 Å². The van der Waals surface area contributed by atoms with Crippen molar-refractivity contribution in [3.05, 3.63) is 35.4 Å². The number of hydrogen-bond acceptors (Lipinski definition) is 2. The second kappa shape index (κ2) is 6.18. The van der Waals surface area contributed by atoms with E-state index in [2.05, 4.69) is 45.0 Å². The molecule has 0 saturated heterocycles. The molecular formula is C15H25NO. The van der Waals surface area contributed by atoms with Gasteiger partial charge >= 0.3 is 0 Å². The van der Waals surface area contributed by atoms with Crippen molar-refractivity contribution in [1.29, 1.82) is 0 Å². The maximum absolute atomic E-state index is 6.33. The molecule has 2 nitrogen and oxygen atoms in total. The molecule has 0 aliphatic rings. The first-order chi connectivity index (χ1) is 8.07. The van der Waals surface area contributed by atoms with E-state index in [0.29, 0.717) is 0 Å². The molecule has 0 bridgehead atoms. The maximum Gasteiger partial charge on any atom is 0.0826 e. The number of ether oxygens (including phenoxy) is 1. The summed E-state index contributed by atoms with van der Waals surface area (Å²) < 4.78 is 5.67. The lowest BCUT2D eigenvalue weighted by Crippen LogP contribution is -2.50. The molecule has 2 heteroatoms.